The standard InChI is InChI=1S/C18H15FN2O3/c19-12-5-3-4-11(8-12)13-9-14(13)20-17(22)10-21-15-6-1-2-7-16(15)24-18(21)23/h1-8,13-14H,9-10H2,(H,20,22). The number of benzene rings is 2. The maximum Gasteiger partial charge on any atom is 0.420 e. The molecule has 1 N–H and O–H groups in total. The smallest absolute Gasteiger partial charge is 0.408 e. The van der Waals surface area contributed by atoms with Gasteiger partial charge in [0.1, 0.15) is 12.4 Å². The summed E-state index contributed by atoms with van der Waals surface area (Å²) in [6.07, 6.45) is 0.774. The number of oxazole rings is 1. The number of hydrogen-bond acceptors (Lipinski definition) is 3. The molecule has 0 radical (unpaired) electrons. The Morgan fingerprint density at radius 3 is 2.92 bits per heavy atom. The first-order valence-corrected chi connectivity index (χ1v) is 7.75. The van der Waals surface area contributed by atoms with Gasteiger partial charge in [0.2, 0.25) is 5.91 Å². The van der Waals surface area contributed by atoms with Gasteiger partial charge in [0, 0.05) is 12.0 Å². The van der Waals surface area contributed by atoms with Gasteiger partial charge < -0.3 is 9.73 Å². The molecule has 2 unspecified atom stereocenters. The molecular weight excluding hydrogens is 311 g/mol. The van der Waals surface area contributed by atoms with Crippen LogP contribution in [0.2, 0.25) is 0 Å². The van der Waals surface area contributed by atoms with Crippen LogP contribution in [0.4, 0.5) is 4.39 Å². The summed E-state index contributed by atoms with van der Waals surface area (Å²) in [6.45, 7) is -0.0950. The van der Waals surface area contributed by atoms with Crippen molar-refractivity contribution in [2.45, 2.75) is 24.9 Å². The zero-order valence-corrected chi connectivity index (χ0v) is 12.7. The third-order valence-electron chi connectivity index (χ3n) is 4.29. The number of rotatable bonds is 4. The lowest BCUT2D eigenvalue weighted by Gasteiger charge is -2.06. The van der Waals surface area contributed by atoms with Gasteiger partial charge in [-0.15, -0.1) is 0 Å². The van der Waals surface area contributed by atoms with Crippen LogP contribution in [0.25, 0.3) is 11.1 Å². The van der Waals surface area contributed by atoms with Crippen LogP contribution in [-0.4, -0.2) is 16.5 Å². The average Bonchev–Trinajstić information content (AvgIpc) is 3.25. The number of fused-ring (bicyclic) bond motifs is 1. The molecule has 2 aromatic carbocycles. The predicted molar refractivity (Wildman–Crippen MR) is 86.2 cm³/mol. The van der Waals surface area contributed by atoms with Crippen molar-refractivity contribution in [2.75, 3.05) is 0 Å². The monoisotopic (exact) mass is 326 g/mol. The van der Waals surface area contributed by atoms with E-state index in [1.165, 1.54) is 16.7 Å². The average molecular weight is 326 g/mol. The van der Waals surface area contributed by atoms with Crippen molar-refractivity contribution in [3.05, 3.63) is 70.5 Å². The summed E-state index contributed by atoms with van der Waals surface area (Å²) >= 11 is 0. The largest absolute Gasteiger partial charge is 0.420 e. The summed E-state index contributed by atoms with van der Waals surface area (Å²) in [5.74, 6) is -0.959. The second kappa shape index (κ2) is 5.63. The second-order valence-corrected chi connectivity index (χ2v) is 5.99. The molecule has 3 aromatic rings. The minimum atomic E-state index is -0.552. The van der Waals surface area contributed by atoms with E-state index in [9.17, 15) is 14.0 Å². The number of halogens is 1. The fourth-order valence-electron chi connectivity index (χ4n) is 3.02. The van der Waals surface area contributed by atoms with Crippen LogP contribution in [0.1, 0.15) is 17.9 Å². The quantitative estimate of drug-likeness (QED) is 0.801. The van der Waals surface area contributed by atoms with E-state index in [2.05, 4.69) is 5.32 Å². The number of nitrogens with zero attached hydrogens (tertiary/aromatic N) is 1. The van der Waals surface area contributed by atoms with Crippen molar-refractivity contribution >= 4 is 17.0 Å². The summed E-state index contributed by atoms with van der Waals surface area (Å²) in [5, 5.41) is 2.89. The molecule has 2 atom stereocenters. The first-order chi connectivity index (χ1) is 11.6. The molecule has 5 nitrogen and oxygen atoms in total. The number of carbonyl (C=O) groups is 1. The van der Waals surface area contributed by atoms with Crippen molar-refractivity contribution < 1.29 is 13.6 Å². The van der Waals surface area contributed by atoms with Gasteiger partial charge in [-0.2, -0.15) is 0 Å². The van der Waals surface area contributed by atoms with Gasteiger partial charge in [0.05, 0.1) is 5.52 Å². The molecule has 1 aliphatic carbocycles. The Hall–Kier alpha value is -2.89. The van der Waals surface area contributed by atoms with Crippen LogP contribution >= 0.6 is 0 Å². The number of carbonyl (C=O) groups excluding carboxylic acids is 1. The van der Waals surface area contributed by atoms with Crippen LogP contribution in [-0.2, 0) is 11.3 Å². The maximum absolute atomic E-state index is 13.3. The van der Waals surface area contributed by atoms with Crippen LogP contribution < -0.4 is 11.1 Å². The van der Waals surface area contributed by atoms with Crippen molar-refractivity contribution in [3.63, 3.8) is 0 Å². The number of aromatic nitrogens is 1. The summed E-state index contributed by atoms with van der Waals surface area (Å²) in [7, 11) is 0. The predicted octanol–water partition coefficient (Wildman–Crippen LogP) is 2.41. The maximum atomic E-state index is 13.3. The van der Waals surface area contributed by atoms with E-state index < -0.39 is 5.76 Å². The van der Waals surface area contributed by atoms with Crippen LogP contribution in [0.3, 0.4) is 0 Å². The Bertz CT molecular complexity index is 976. The normalized spacial score (nSPS) is 19.4. The van der Waals surface area contributed by atoms with Gasteiger partial charge >= 0.3 is 5.76 Å². The van der Waals surface area contributed by atoms with Gasteiger partial charge in [-0.1, -0.05) is 24.3 Å². The molecule has 1 heterocycles. The van der Waals surface area contributed by atoms with Gasteiger partial charge in [0.25, 0.3) is 0 Å². The molecule has 24 heavy (non-hydrogen) atoms. The first-order valence-electron chi connectivity index (χ1n) is 7.75. The molecular formula is C18H15FN2O3. The molecule has 0 aliphatic heterocycles. The highest BCUT2D eigenvalue weighted by Gasteiger charge is 2.39. The highest BCUT2D eigenvalue weighted by molar-refractivity contribution is 5.80. The van der Waals surface area contributed by atoms with E-state index >= 15 is 0 Å². The molecule has 1 aromatic heterocycles. The highest BCUT2D eigenvalue weighted by atomic mass is 19.1. The van der Waals surface area contributed by atoms with Crippen LogP contribution in [0.5, 0.6) is 0 Å². The van der Waals surface area contributed by atoms with E-state index in [0.717, 1.165) is 12.0 Å². The first kappa shape index (κ1) is 14.7. The fraction of sp³-hybridized carbons (Fsp3) is 0.222. The Kier molecular flexibility index (Phi) is 3.45. The van der Waals surface area contributed by atoms with E-state index in [4.69, 9.17) is 4.42 Å². The molecule has 1 fully saturated rings. The summed E-state index contributed by atoms with van der Waals surface area (Å²) < 4.78 is 19.7. The summed E-state index contributed by atoms with van der Waals surface area (Å²) in [4.78, 5) is 24.1. The van der Waals surface area contributed by atoms with Gasteiger partial charge in [-0.25, -0.2) is 9.18 Å². The zero-order chi connectivity index (χ0) is 16.7. The van der Waals surface area contributed by atoms with Crippen molar-refractivity contribution in [3.8, 4) is 0 Å². The molecule has 0 bridgehead atoms. The minimum absolute atomic E-state index is 0.0202. The fourth-order valence-corrected chi connectivity index (χ4v) is 3.02. The molecule has 1 aliphatic rings. The van der Waals surface area contributed by atoms with E-state index in [1.54, 1.807) is 30.3 Å². The highest BCUT2D eigenvalue weighted by Crippen LogP contribution is 2.40. The van der Waals surface area contributed by atoms with Crippen molar-refractivity contribution in [1.82, 2.24) is 9.88 Å². The van der Waals surface area contributed by atoms with E-state index in [-0.39, 0.29) is 30.2 Å². The Labute approximate surface area is 136 Å². The lowest BCUT2D eigenvalue weighted by Crippen LogP contribution is -2.32. The lowest BCUT2D eigenvalue weighted by atomic mass is 10.1. The van der Waals surface area contributed by atoms with Gasteiger partial charge in [-0.05, 0) is 36.2 Å². The van der Waals surface area contributed by atoms with Crippen LogP contribution in [0.15, 0.2) is 57.7 Å². The molecule has 122 valence electrons. The SMILES string of the molecule is O=C(Cn1c(=O)oc2ccccc21)NC1CC1c1cccc(F)c1. The summed E-state index contributed by atoms with van der Waals surface area (Å²) in [5.41, 5.74) is 1.93. The number of hydrogen-bond donors (Lipinski definition) is 1. The molecule has 6 heteroatoms. The third kappa shape index (κ3) is 2.71. The number of para-hydroxylation sites is 2. The topological polar surface area (TPSA) is 64.2 Å². The van der Waals surface area contributed by atoms with Crippen LogP contribution in [0, 0.1) is 5.82 Å². The number of amides is 1. The Balaban J connectivity index is 1.44. The van der Waals surface area contributed by atoms with E-state index in [1.807, 2.05) is 6.07 Å². The van der Waals surface area contributed by atoms with Gasteiger partial charge in [0.15, 0.2) is 5.58 Å². The lowest BCUT2D eigenvalue weighted by molar-refractivity contribution is -0.121. The van der Waals surface area contributed by atoms with E-state index in [0.29, 0.717) is 11.1 Å². The second-order valence-electron chi connectivity index (χ2n) is 5.99. The molecule has 0 saturated heterocycles. The van der Waals surface area contributed by atoms with Gasteiger partial charge in [-0.3, -0.25) is 9.36 Å². The molecule has 4 rings (SSSR count). The number of nitrogens with one attached hydrogen (secondary N) is 1. The Morgan fingerprint density at radius 2 is 2.08 bits per heavy atom. The van der Waals surface area contributed by atoms with Crippen molar-refractivity contribution in [2.24, 2.45) is 0 Å². The van der Waals surface area contributed by atoms with Crippen molar-refractivity contribution in [1.29, 1.82) is 0 Å². The molecule has 0 spiro atoms. The minimum Gasteiger partial charge on any atom is -0.408 e. The molecule has 1 saturated carbocycles. The summed E-state index contributed by atoms with van der Waals surface area (Å²) in [6, 6.07) is 13.4. The molecule has 1 amide bonds. The third-order valence-corrected chi connectivity index (χ3v) is 4.29. The zero-order valence-electron chi connectivity index (χ0n) is 12.7. The Morgan fingerprint density at radius 1 is 1.25 bits per heavy atom.